The second kappa shape index (κ2) is 10.5. The molecule has 1 fully saturated rings. The Morgan fingerprint density at radius 2 is 1.80 bits per heavy atom. The maximum atomic E-state index is 12.7. The molecule has 1 aliphatic rings. The highest BCUT2D eigenvalue weighted by Crippen LogP contribution is 2.23. The van der Waals surface area contributed by atoms with E-state index in [1.165, 1.54) is 12.0 Å². The van der Waals surface area contributed by atoms with Gasteiger partial charge in [0.15, 0.2) is 6.10 Å². The van der Waals surface area contributed by atoms with Crippen molar-refractivity contribution in [2.75, 3.05) is 5.32 Å². The molecule has 6 heteroatoms. The summed E-state index contributed by atoms with van der Waals surface area (Å²) in [5, 5.41) is 6.23. The van der Waals surface area contributed by atoms with Crippen molar-refractivity contribution in [1.82, 2.24) is 5.32 Å². The Bertz CT molecular complexity index is 877. The van der Waals surface area contributed by atoms with E-state index in [1.54, 1.807) is 25.1 Å². The minimum atomic E-state index is -0.687. The number of hydrogen-bond donors (Lipinski definition) is 2. The molecule has 0 bridgehead atoms. The van der Waals surface area contributed by atoms with Crippen molar-refractivity contribution in [1.29, 1.82) is 0 Å². The van der Waals surface area contributed by atoms with Crippen molar-refractivity contribution in [3.63, 3.8) is 0 Å². The van der Waals surface area contributed by atoms with E-state index in [2.05, 4.69) is 17.6 Å². The summed E-state index contributed by atoms with van der Waals surface area (Å²) >= 11 is 6.24. The lowest BCUT2D eigenvalue weighted by atomic mass is 9.95. The molecule has 5 nitrogen and oxygen atoms in total. The smallest absolute Gasteiger partial charge is 0.265 e. The molecule has 1 atom stereocenters. The van der Waals surface area contributed by atoms with Crippen molar-refractivity contribution >= 4 is 29.1 Å². The van der Waals surface area contributed by atoms with Crippen LogP contribution in [0.25, 0.3) is 0 Å². The van der Waals surface area contributed by atoms with Crippen molar-refractivity contribution in [3.05, 3.63) is 58.6 Å². The number of halogens is 1. The molecule has 0 spiro atoms. The van der Waals surface area contributed by atoms with Crippen LogP contribution in [-0.2, 0) is 11.2 Å². The van der Waals surface area contributed by atoms with Gasteiger partial charge in [0, 0.05) is 11.7 Å². The van der Waals surface area contributed by atoms with Crippen LogP contribution in [0.5, 0.6) is 5.75 Å². The number of anilines is 1. The van der Waals surface area contributed by atoms with Crippen molar-refractivity contribution in [3.8, 4) is 5.75 Å². The minimum Gasteiger partial charge on any atom is -0.481 e. The monoisotopic (exact) mass is 428 g/mol. The lowest BCUT2D eigenvalue weighted by molar-refractivity contribution is -0.122. The number of hydrogen-bond acceptors (Lipinski definition) is 3. The molecule has 1 aliphatic carbocycles. The van der Waals surface area contributed by atoms with Crippen molar-refractivity contribution < 1.29 is 14.3 Å². The summed E-state index contributed by atoms with van der Waals surface area (Å²) in [5.74, 6) is 0.136. The second-order valence-electron chi connectivity index (χ2n) is 7.75. The third-order valence-corrected chi connectivity index (χ3v) is 5.76. The Kier molecular flexibility index (Phi) is 7.75. The number of carbonyl (C=O) groups is 2. The number of ether oxygens (including phenoxy) is 1. The highest BCUT2D eigenvalue weighted by molar-refractivity contribution is 6.34. The van der Waals surface area contributed by atoms with Gasteiger partial charge in [0.1, 0.15) is 5.75 Å². The van der Waals surface area contributed by atoms with Crippen LogP contribution in [-0.4, -0.2) is 24.0 Å². The molecule has 2 aromatic rings. The Balaban J connectivity index is 1.61. The van der Waals surface area contributed by atoms with Crippen LogP contribution < -0.4 is 15.4 Å². The Morgan fingerprint density at radius 1 is 1.10 bits per heavy atom. The first-order chi connectivity index (χ1) is 14.5. The maximum Gasteiger partial charge on any atom is 0.265 e. The van der Waals surface area contributed by atoms with Gasteiger partial charge < -0.3 is 15.4 Å². The minimum absolute atomic E-state index is 0.188. The zero-order valence-electron chi connectivity index (χ0n) is 17.5. The molecule has 2 aromatic carbocycles. The summed E-state index contributed by atoms with van der Waals surface area (Å²) in [4.78, 5) is 25.2. The largest absolute Gasteiger partial charge is 0.481 e. The zero-order chi connectivity index (χ0) is 21.5. The molecule has 0 aromatic heterocycles. The van der Waals surface area contributed by atoms with Crippen LogP contribution >= 0.6 is 11.6 Å². The number of amides is 2. The first-order valence-electron chi connectivity index (χ1n) is 10.6. The number of carbonyl (C=O) groups excluding carboxylic acids is 2. The molecule has 2 N–H and O–H groups in total. The SMILES string of the molecule is CCc1ccc(OC(C)C(=O)Nc2ccc(Cl)c(C(=O)NC3CCCCC3)c2)cc1. The van der Waals surface area contributed by atoms with Gasteiger partial charge in [0.2, 0.25) is 0 Å². The average molecular weight is 429 g/mol. The molecule has 3 rings (SSSR count). The number of rotatable bonds is 7. The summed E-state index contributed by atoms with van der Waals surface area (Å²) in [7, 11) is 0. The van der Waals surface area contributed by atoms with Gasteiger partial charge in [0.05, 0.1) is 10.6 Å². The van der Waals surface area contributed by atoms with E-state index in [9.17, 15) is 9.59 Å². The third kappa shape index (κ3) is 5.99. The number of aryl methyl sites for hydroxylation is 1. The summed E-state index contributed by atoms with van der Waals surface area (Å²) in [6, 6.07) is 12.8. The molecular formula is C24H29ClN2O3. The molecule has 0 heterocycles. The second-order valence-corrected chi connectivity index (χ2v) is 8.16. The quantitative estimate of drug-likeness (QED) is 0.622. The standard InChI is InChI=1S/C24H29ClN2O3/c1-3-17-9-12-20(13-10-17)30-16(2)23(28)27-19-11-14-22(25)21(15-19)24(29)26-18-7-5-4-6-8-18/h9-16,18H,3-8H2,1-2H3,(H,26,29)(H,27,28). The van der Waals surface area contributed by atoms with Crippen LogP contribution in [0.1, 0.15) is 61.9 Å². The molecular weight excluding hydrogens is 400 g/mol. The van der Waals surface area contributed by atoms with E-state index in [4.69, 9.17) is 16.3 Å². The van der Waals surface area contributed by atoms with Crippen LogP contribution in [0.4, 0.5) is 5.69 Å². The van der Waals surface area contributed by atoms with Crippen LogP contribution in [0.3, 0.4) is 0 Å². The van der Waals surface area contributed by atoms with Gasteiger partial charge in [-0.3, -0.25) is 9.59 Å². The fourth-order valence-corrected chi connectivity index (χ4v) is 3.80. The van der Waals surface area contributed by atoms with E-state index in [0.29, 0.717) is 22.0 Å². The highest BCUT2D eigenvalue weighted by Gasteiger charge is 2.20. The van der Waals surface area contributed by atoms with Crippen LogP contribution in [0.2, 0.25) is 5.02 Å². The third-order valence-electron chi connectivity index (χ3n) is 5.43. The number of nitrogens with one attached hydrogen (secondary N) is 2. The summed E-state index contributed by atoms with van der Waals surface area (Å²) in [5.41, 5.74) is 2.08. The van der Waals surface area contributed by atoms with Gasteiger partial charge in [-0.1, -0.05) is 49.9 Å². The highest BCUT2D eigenvalue weighted by atomic mass is 35.5. The van der Waals surface area contributed by atoms with Gasteiger partial charge in [-0.2, -0.15) is 0 Å². The predicted octanol–water partition coefficient (Wildman–Crippen LogP) is 5.37. The molecule has 0 radical (unpaired) electrons. The van der Waals surface area contributed by atoms with Gasteiger partial charge >= 0.3 is 0 Å². The molecule has 0 aliphatic heterocycles. The van der Waals surface area contributed by atoms with E-state index in [-0.39, 0.29) is 17.9 Å². The molecule has 1 unspecified atom stereocenters. The first kappa shape index (κ1) is 22.2. The van der Waals surface area contributed by atoms with Crippen molar-refractivity contribution in [2.45, 2.75) is 64.5 Å². The molecule has 0 saturated heterocycles. The normalized spacial score (nSPS) is 15.3. The fraction of sp³-hybridized carbons (Fsp3) is 0.417. The lowest BCUT2D eigenvalue weighted by Crippen LogP contribution is -2.36. The molecule has 2 amide bonds. The Hall–Kier alpha value is -2.53. The van der Waals surface area contributed by atoms with Gasteiger partial charge in [-0.15, -0.1) is 0 Å². The van der Waals surface area contributed by atoms with E-state index < -0.39 is 6.10 Å². The summed E-state index contributed by atoms with van der Waals surface area (Å²) in [6.07, 6.45) is 5.73. The number of benzene rings is 2. The van der Waals surface area contributed by atoms with Crippen molar-refractivity contribution in [2.24, 2.45) is 0 Å². The van der Waals surface area contributed by atoms with E-state index >= 15 is 0 Å². The van der Waals surface area contributed by atoms with Gasteiger partial charge in [-0.05, 0) is 62.1 Å². The first-order valence-corrected chi connectivity index (χ1v) is 11.0. The zero-order valence-corrected chi connectivity index (χ0v) is 18.3. The summed E-state index contributed by atoms with van der Waals surface area (Å²) < 4.78 is 5.73. The Morgan fingerprint density at radius 3 is 2.47 bits per heavy atom. The topological polar surface area (TPSA) is 67.4 Å². The van der Waals surface area contributed by atoms with Gasteiger partial charge in [-0.25, -0.2) is 0 Å². The van der Waals surface area contributed by atoms with E-state index in [1.807, 2.05) is 24.3 Å². The molecule has 1 saturated carbocycles. The lowest BCUT2D eigenvalue weighted by Gasteiger charge is -2.23. The summed E-state index contributed by atoms with van der Waals surface area (Å²) in [6.45, 7) is 3.78. The Labute approximate surface area is 183 Å². The average Bonchev–Trinajstić information content (AvgIpc) is 2.76. The predicted molar refractivity (Wildman–Crippen MR) is 120 cm³/mol. The maximum absolute atomic E-state index is 12.7. The van der Waals surface area contributed by atoms with Gasteiger partial charge in [0.25, 0.3) is 11.8 Å². The fourth-order valence-electron chi connectivity index (χ4n) is 3.59. The van der Waals surface area contributed by atoms with Crippen LogP contribution in [0, 0.1) is 0 Å². The molecule has 30 heavy (non-hydrogen) atoms. The van der Waals surface area contributed by atoms with E-state index in [0.717, 1.165) is 32.1 Å². The molecule has 160 valence electrons. The van der Waals surface area contributed by atoms with Crippen LogP contribution in [0.15, 0.2) is 42.5 Å².